The number of para-hydroxylation sites is 1. The Morgan fingerprint density at radius 3 is 2.08 bits per heavy atom. The zero-order valence-corrected chi connectivity index (χ0v) is 22.6. The summed E-state index contributed by atoms with van der Waals surface area (Å²) in [5, 5.41) is 0. The first-order chi connectivity index (χ1) is 16.6. The van der Waals surface area contributed by atoms with Crippen LogP contribution in [0.1, 0.15) is 33.6 Å². The van der Waals surface area contributed by atoms with Gasteiger partial charge in [-0.05, 0) is 70.0 Å². The Balaban J connectivity index is 1.80. The summed E-state index contributed by atoms with van der Waals surface area (Å²) in [5.74, 6) is -1.21. The first-order valence-corrected chi connectivity index (χ1v) is 14.4. The smallest absolute Gasteiger partial charge is 0.309 e. The van der Waals surface area contributed by atoms with Gasteiger partial charge in [-0.3, -0.25) is 9.52 Å². The molecule has 0 atom stereocenters. The number of piperidine rings is 1. The Morgan fingerprint density at radius 1 is 1.00 bits per heavy atom. The summed E-state index contributed by atoms with van der Waals surface area (Å²) in [7, 11) is -5.10. The average Bonchev–Trinajstić information content (AvgIpc) is 2.78. The SMILES string of the molecule is CN(C)S(=O)(=O)c1ccc(S(=O)(=O)Nc2cccc(F)c2N2CCC(C(=O)OC(C)(C)C)CC2)cc1. The van der Waals surface area contributed by atoms with Crippen LogP contribution in [0, 0.1) is 11.7 Å². The summed E-state index contributed by atoms with van der Waals surface area (Å²) in [4.78, 5) is 13.9. The molecule has 0 aliphatic carbocycles. The summed E-state index contributed by atoms with van der Waals surface area (Å²) in [6.45, 7) is 6.08. The van der Waals surface area contributed by atoms with Gasteiger partial charge in [0.1, 0.15) is 11.4 Å². The molecule has 0 saturated carbocycles. The maximum absolute atomic E-state index is 14.9. The quantitative estimate of drug-likeness (QED) is 0.535. The number of ether oxygens (including phenoxy) is 1. The normalized spacial score (nSPS) is 15.7. The monoisotopic (exact) mass is 541 g/mol. The van der Waals surface area contributed by atoms with Crippen LogP contribution in [-0.4, -0.2) is 59.9 Å². The van der Waals surface area contributed by atoms with Crippen molar-refractivity contribution < 1.29 is 30.8 Å². The average molecular weight is 542 g/mol. The molecule has 12 heteroatoms. The molecule has 0 amide bonds. The van der Waals surface area contributed by atoms with E-state index in [4.69, 9.17) is 4.74 Å². The van der Waals surface area contributed by atoms with E-state index in [2.05, 4.69) is 4.72 Å². The van der Waals surface area contributed by atoms with Gasteiger partial charge in [0.2, 0.25) is 10.0 Å². The minimum absolute atomic E-state index is 0.0502. The summed E-state index contributed by atoms with van der Waals surface area (Å²) in [6, 6.07) is 8.88. The zero-order chi connectivity index (χ0) is 26.9. The van der Waals surface area contributed by atoms with E-state index < -0.39 is 31.5 Å². The van der Waals surface area contributed by atoms with Crippen LogP contribution in [-0.2, 0) is 29.6 Å². The molecule has 1 N–H and O–H groups in total. The molecular weight excluding hydrogens is 509 g/mol. The van der Waals surface area contributed by atoms with Crippen molar-refractivity contribution in [2.45, 2.75) is 49.0 Å². The number of sulfonamides is 2. The van der Waals surface area contributed by atoms with Crippen molar-refractivity contribution in [2.24, 2.45) is 5.92 Å². The predicted octanol–water partition coefficient (Wildman–Crippen LogP) is 3.43. The van der Waals surface area contributed by atoms with E-state index in [1.165, 1.54) is 56.6 Å². The van der Waals surface area contributed by atoms with E-state index >= 15 is 0 Å². The van der Waals surface area contributed by atoms with Crippen LogP contribution in [0.5, 0.6) is 0 Å². The Kier molecular flexibility index (Phi) is 8.01. The fourth-order valence-electron chi connectivity index (χ4n) is 3.85. The summed E-state index contributed by atoms with van der Waals surface area (Å²) >= 11 is 0. The molecule has 0 radical (unpaired) electrons. The van der Waals surface area contributed by atoms with Crippen LogP contribution < -0.4 is 9.62 Å². The van der Waals surface area contributed by atoms with Gasteiger partial charge in [0.25, 0.3) is 10.0 Å². The highest BCUT2D eigenvalue weighted by molar-refractivity contribution is 7.92. The number of nitrogens with one attached hydrogen (secondary N) is 1. The first-order valence-electron chi connectivity index (χ1n) is 11.4. The van der Waals surface area contributed by atoms with Crippen LogP contribution >= 0.6 is 0 Å². The third kappa shape index (κ3) is 6.34. The number of hydrogen-bond donors (Lipinski definition) is 1. The second-order valence-corrected chi connectivity index (χ2v) is 13.6. The van der Waals surface area contributed by atoms with E-state index in [0.29, 0.717) is 25.9 Å². The predicted molar refractivity (Wildman–Crippen MR) is 135 cm³/mol. The van der Waals surface area contributed by atoms with Gasteiger partial charge in [0.05, 0.1) is 27.1 Å². The third-order valence-corrected chi connectivity index (χ3v) is 8.91. The number of benzene rings is 2. The standard InChI is InChI=1S/C24H32FN3O6S2/c1-24(2,3)34-23(29)17-13-15-28(16-14-17)22-20(25)7-6-8-21(22)26-35(30,31)18-9-11-19(12-10-18)36(32,33)27(4)5/h6-12,17,26H,13-16H2,1-5H3. The van der Waals surface area contributed by atoms with Crippen molar-refractivity contribution >= 4 is 37.4 Å². The molecule has 1 fully saturated rings. The van der Waals surface area contributed by atoms with Crippen LogP contribution in [0.4, 0.5) is 15.8 Å². The highest BCUT2D eigenvalue weighted by Crippen LogP contribution is 2.34. The van der Waals surface area contributed by atoms with E-state index in [0.717, 1.165) is 4.31 Å². The molecule has 2 aromatic rings. The number of esters is 1. The zero-order valence-electron chi connectivity index (χ0n) is 21.0. The molecule has 0 bridgehead atoms. The van der Waals surface area contributed by atoms with Gasteiger partial charge in [-0.15, -0.1) is 0 Å². The Labute approximate surface area is 212 Å². The second kappa shape index (κ2) is 10.3. The van der Waals surface area contributed by atoms with Crippen LogP contribution in [0.25, 0.3) is 0 Å². The molecule has 0 spiro atoms. The van der Waals surface area contributed by atoms with Crippen LogP contribution in [0.2, 0.25) is 0 Å². The Hall–Kier alpha value is -2.70. The highest BCUT2D eigenvalue weighted by atomic mass is 32.2. The maximum atomic E-state index is 14.9. The lowest BCUT2D eigenvalue weighted by atomic mass is 9.96. The van der Waals surface area contributed by atoms with Gasteiger partial charge >= 0.3 is 5.97 Å². The molecule has 36 heavy (non-hydrogen) atoms. The topological polar surface area (TPSA) is 113 Å². The fourth-order valence-corrected chi connectivity index (χ4v) is 5.82. The lowest BCUT2D eigenvalue weighted by Gasteiger charge is -2.35. The van der Waals surface area contributed by atoms with E-state index in [9.17, 15) is 26.0 Å². The molecule has 1 aliphatic rings. The number of anilines is 2. The summed E-state index contributed by atoms with van der Waals surface area (Å²) < 4.78 is 74.4. The second-order valence-electron chi connectivity index (χ2n) is 9.80. The van der Waals surface area contributed by atoms with Crippen LogP contribution in [0.3, 0.4) is 0 Å². The molecule has 1 aliphatic heterocycles. The van der Waals surface area contributed by atoms with Crippen molar-refractivity contribution in [3.63, 3.8) is 0 Å². The number of halogens is 1. The van der Waals surface area contributed by atoms with Gasteiger partial charge < -0.3 is 9.64 Å². The van der Waals surface area contributed by atoms with Gasteiger partial charge in [0, 0.05) is 27.2 Å². The number of nitrogens with zero attached hydrogens (tertiary/aromatic N) is 2. The highest BCUT2D eigenvalue weighted by Gasteiger charge is 2.31. The lowest BCUT2D eigenvalue weighted by molar-refractivity contribution is -0.160. The minimum atomic E-state index is -4.14. The molecule has 1 heterocycles. The largest absolute Gasteiger partial charge is 0.460 e. The third-order valence-electron chi connectivity index (χ3n) is 5.70. The molecule has 2 aromatic carbocycles. The van der Waals surface area contributed by atoms with Crippen molar-refractivity contribution in [1.29, 1.82) is 0 Å². The summed E-state index contributed by atoms with van der Waals surface area (Å²) in [5.41, 5.74) is -0.453. The van der Waals surface area contributed by atoms with Crippen molar-refractivity contribution in [3.8, 4) is 0 Å². The number of hydrogen-bond acceptors (Lipinski definition) is 7. The molecular formula is C24H32FN3O6S2. The maximum Gasteiger partial charge on any atom is 0.309 e. The van der Waals surface area contributed by atoms with Gasteiger partial charge in [0.15, 0.2) is 0 Å². The summed E-state index contributed by atoms with van der Waals surface area (Å²) in [6.07, 6.45) is 0.883. The van der Waals surface area contributed by atoms with Crippen LogP contribution in [0.15, 0.2) is 52.3 Å². The van der Waals surface area contributed by atoms with Crippen molar-refractivity contribution in [3.05, 3.63) is 48.3 Å². The molecule has 198 valence electrons. The van der Waals surface area contributed by atoms with E-state index in [1.54, 1.807) is 25.7 Å². The minimum Gasteiger partial charge on any atom is -0.460 e. The molecule has 0 aromatic heterocycles. The molecule has 9 nitrogen and oxygen atoms in total. The van der Waals surface area contributed by atoms with Gasteiger partial charge in [-0.1, -0.05) is 6.07 Å². The van der Waals surface area contributed by atoms with Gasteiger partial charge in [-0.2, -0.15) is 0 Å². The van der Waals surface area contributed by atoms with E-state index in [-0.39, 0.29) is 33.1 Å². The number of carbonyl (C=O) groups excluding carboxylic acids is 1. The van der Waals surface area contributed by atoms with Crippen molar-refractivity contribution in [1.82, 2.24) is 4.31 Å². The van der Waals surface area contributed by atoms with Gasteiger partial charge in [-0.25, -0.2) is 25.5 Å². The van der Waals surface area contributed by atoms with E-state index in [1.807, 2.05) is 0 Å². The lowest BCUT2D eigenvalue weighted by Crippen LogP contribution is -2.39. The fraction of sp³-hybridized carbons (Fsp3) is 0.458. The Bertz CT molecular complexity index is 1310. The first kappa shape index (κ1) is 27.9. The number of carbonyl (C=O) groups is 1. The number of rotatable bonds is 7. The molecule has 0 unspecified atom stereocenters. The van der Waals surface area contributed by atoms with Crippen molar-refractivity contribution in [2.75, 3.05) is 36.8 Å². The molecule has 1 saturated heterocycles. The molecule has 3 rings (SSSR count). The Morgan fingerprint density at radius 2 is 1.56 bits per heavy atom.